The Hall–Kier alpha value is -0.0200. The highest BCUT2D eigenvalue weighted by molar-refractivity contribution is 7.80. The van der Waals surface area contributed by atoms with Crippen molar-refractivity contribution in [3.8, 4) is 0 Å². The van der Waals surface area contributed by atoms with Gasteiger partial charge in [-0.15, -0.1) is 12.6 Å². The van der Waals surface area contributed by atoms with Gasteiger partial charge in [-0.2, -0.15) is 4.37 Å². The molecule has 0 N–H and O–H groups in total. The average molecular weight is 117 g/mol. The second kappa shape index (κ2) is 1.62. The summed E-state index contributed by atoms with van der Waals surface area (Å²) in [5, 5.41) is 1.88. The highest BCUT2D eigenvalue weighted by Gasteiger charge is 1.77. The van der Waals surface area contributed by atoms with E-state index in [1.165, 1.54) is 11.5 Å². The van der Waals surface area contributed by atoms with E-state index in [2.05, 4.69) is 17.0 Å². The molecule has 0 unspecified atom stereocenters. The van der Waals surface area contributed by atoms with E-state index in [1.54, 1.807) is 6.20 Å². The quantitative estimate of drug-likeness (QED) is 0.507. The van der Waals surface area contributed by atoms with Gasteiger partial charge in [0.1, 0.15) is 0 Å². The molecule has 0 aliphatic heterocycles. The first-order chi connectivity index (χ1) is 2.89. The van der Waals surface area contributed by atoms with Gasteiger partial charge < -0.3 is 0 Å². The predicted octanol–water partition coefficient (Wildman–Crippen LogP) is 1.43. The standard InChI is InChI=1S/C3H3NS2/c5-3-1-4-6-2-3/h1-2,5H. The minimum absolute atomic E-state index is 0.944. The number of nitrogens with zero attached hydrogens (tertiary/aromatic N) is 1. The molecule has 1 aromatic heterocycles. The van der Waals surface area contributed by atoms with Crippen LogP contribution < -0.4 is 0 Å². The monoisotopic (exact) mass is 117 g/mol. The van der Waals surface area contributed by atoms with Crippen LogP contribution in [-0.4, -0.2) is 4.37 Å². The van der Waals surface area contributed by atoms with Crippen LogP contribution in [0.4, 0.5) is 0 Å². The molecule has 0 amide bonds. The zero-order valence-electron chi connectivity index (χ0n) is 2.96. The van der Waals surface area contributed by atoms with E-state index < -0.39 is 0 Å². The zero-order chi connectivity index (χ0) is 4.41. The van der Waals surface area contributed by atoms with Gasteiger partial charge in [0.2, 0.25) is 0 Å². The minimum atomic E-state index is 0.944. The van der Waals surface area contributed by atoms with Crippen LogP contribution in [0, 0.1) is 0 Å². The van der Waals surface area contributed by atoms with Crippen molar-refractivity contribution in [2.45, 2.75) is 4.90 Å². The Morgan fingerprint density at radius 3 is 2.83 bits per heavy atom. The van der Waals surface area contributed by atoms with Gasteiger partial charge in [-0.25, -0.2) is 0 Å². The van der Waals surface area contributed by atoms with Gasteiger partial charge in [0.15, 0.2) is 0 Å². The molecule has 0 aliphatic rings. The van der Waals surface area contributed by atoms with E-state index in [1.807, 2.05) is 5.38 Å². The van der Waals surface area contributed by atoms with Crippen molar-refractivity contribution < 1.29 is 0 Å². The third-order valence-electron chi connectivity index (χ3n) is 0.419. The van der Waals surface area contributed by atoms with E-state index >= 15 is 0 Å². The Morgan fingerprint density at radius 1 is 1.83 bits per heavy atom. The van der Waals surface area contributed by atoms with Crippen molar-refractivity contribution in [3.05, 3.63) is 11.6 Å². The number of hydrogen-bond acceptors (Lipinski definition) is 3. The van der Waals surface area contributed by atoms with Crippen molar-refractivity contribution in [2.24, 2.45) is 0 Å². The van der Waals surface area contributed by atoms with Gasteiger partial charge in [-0.3, -0.25) is 0 Å². The SMILES string of the molecule is Sc1cnsc1. The summed E-state index contributed by atoms with van der Waals surface area (Å²) in [7, 11) is 0. The molecule has 0 atom stereocenters. The first kappa shape index (κ1) is 4.15. The second-order valence-corrected chi connectivity index (χ2v) is 2.06. The van der Waals surface area contributed by atoms with Crippen molar-refractivity contribution in [1.29, 1.82) is 0 Å². The number of hydrogen-bond donors (Lipinski definition) is 1. The molecule has 0 aliphatic carbocycles. The smallest absolute Gasteiger partial charge is 0.0540 e. The summed E-state index contributed by atoms with van der Waals surface area (Å²) in [6, 6.07) is 0. The van der Waals surface area contributed by atoms with Gasteiger partial charge >= 0.3 is 0 Å². The second-order valence-electron chi connectivity index (χ2n) is 0.883. The van der Waals surface area contributed by atoms with Gasteiger partial charge in [-0.05, 0) is 11.5 Å². The Balaban J connectivity index is 3.05. The Bertz CT molecular complexity index is 112. The van der Waals surface area contributed by atoms with E-state index in [9.17, 15) is 0 Å². The molecule has 3 heteroatoms. The molecule has 1 heterocycles. The first-order valence-electron chi connectivity index (χ1n) is 1.48. The van der Waals surface area contributed by atoms with E-state index in [0.29, 0.717) is 0 Å². The summed E-state index contributed by atoms with van der Waals surface area (Å²) < 4.78 is 3.79. The van der Waals surface area contributed by atoms with Gasteiger partial charge in [0, 0.05) is 10.3 Å². The summed E-state index contributed by atoms with van der Waals surface area (Å²) >= 11 is 5.40. The lowest BCUT2D eigenvalue weighted by molar-refractivity contribution is 1.45. The maximum absolute atomic E-state index is 3.98. The van der Waals surface area contributed by atoms with E-state index in [-0.39, 0.29) is 0 Å². The van der Waals surface area contributed by atoms with E-state index in [4.69, 9.17) is 0 Å². The molecular formula is C3H3NS2. The van der Waals surface area contributed by atoms with Crippen molar-refractivity contribution >= 4 is 24.2 Å². The van der Waals surface area contributed by atoms with Crippen molar-refractivity contribution in [2.75, 3.05) is 0 Å². The molecule has 1 aromatic rings. The molecule has 32 valence electrons. The van der Waals surface area contributed by atoms with Crippen molar-refractivity contribution in [3.63, 3.8) is 0 Å². The van der Waals surface area contributed by atoms with Crippen LogP contribution in [0.1, 0.15) is 0 Å². The predicted molar refractivity (Wildman–Crippen MR) is 29.4 cm³/mol. The molecule has 6 heavy (non-hydrogen) atoms. The van der Waals surface area contributed by atoms with E-state index in [0.717, 1.165) is 4.90 Å². The summed E-state index contributed by atoms with van der Waals surface area (Å²) in [4.78, 5) is 0.944. The Kier molecular flexibility index (Phi) is 1.12. The summed E-state index contributed by atoms with van der Waals surface area (Å²) in [5.74, 6) is 0. The topological polar surface area (TPSA) is 12.9 Å². The lowest BCUT2D eigenvalue weighted by Gasteiger charge is -1.62. The Morgan fingerprint density at radius 2 is 2.67 bits per heavy atom. The fraction of sp³-hybridized carbons (Fsp3) is 0. The molecule has 0 radical (unpaired) electrons. The highest BCUT2D eigenvalue weighted by atomic mass is 32.1. The molecule has 1 nitrogen and oxygen atoms in total. The molecule has 0 saturated heterocycles. The maximum Gasteiger partial charge on any atom is 0.0540 e. The number of rotatable bonds is 0. The van der Waals surface area contributed by atoms with Crippen LogP contribution in [0.25, 0.3) is 0 Å². The molecule has 0 aromatic carbocycles. The number of aromatic nitrogens is 1. The number of thiol groups is 1. The average Bonchev–Trinajstić information content (AvgIpc) is 1.86. The van der Waals surface area contributed by atoms with Crippen LogP contribution in [0.5, 0.6) is 0 Å². The largest absolute Gasteiger partial charge is 0.200 e. The molecule has 0 fully saturated rings. The summed E-state index contributed by atoms with van der Waals surface area (Å²) in [5.41, 5.74) is 0. The van der Waals surface area contributed by atoms with Gasteiger partial charge in [-0.1, -0.05) is 0 Å². The van der Waals surface area contributed by atoms with Crippen molar-refractivity contribution in [1.82, 2.24) is 4.37 Å². The third kappa shape index (κ3) is 0.725. The van der Waals surface area contributed by atoms with Crippen LogP contribution in [0.3, 0.4) is 0 Å². The first-order valence-corrected chi connectivity index (χ1v) is 2.76. The molecule has 1 rings (SSSR count). The minimum Gasteiger partial charge on any atom is -0.200 e. The van der Waals surface area contributed by atoms with Crippen LogP contribution in [-0.2, 0) is 0 Å². The highest BCUT2D eigenvalue weighted by Crippen LogP contribution is 2.04. The lowest BCUT2D eigenvalue weighted by Crippen LogP contribution is -1.42. The fourth-order valence-corrected chi connectivity index (χ4v) is 0.881. The lowest BCUT2D eigenvalue weighted by atomic mass is 10.8. The molecule has 0 spiro atoms. The van der Waals surface area contributed by atoms with Gasteiger partial charge in [0.25, 0.3) is 0 Å². The van der Waals surface area contributed by atoms with Gasteiger partial charge in [0.05, 0.1) is 6.20 Å². The molecular weight excluding hydrogens is 114 g/mol. The Labute approximate surface area is 45.6 Å². The van der Waals surface area contributed by atoms with Crippen LogP contribution >= 0.6 is 24.2 Å². The molecule has 0 saturated carbocycles. The fourth-order valence-electron chi connectivity index (χ4n) is 0.199. The van der Waals surface area contributed by atoms with Crippen LogP contribution in [0.2, 0.25) is 0 Å². The third-order valence-corrected chi connectivity index (χ3v) is 1.43. The summed E-state index contributed by atoms with van der Waals surface area (Å²) in [6.45, 7) is 0. The maximum atomic E-state index is 3.98. The zero-order valence-corrected chi connectivity index (χ0v) is 4.67. The van der Waals surface area contributed by atoms with Crippen LogP contribution in [0.15, 0.2) is 16.5 Å². The normalized spacial score (nSPS) is 8.83. The molecule has 0 bridgehead atoms. The summed E-state index contributed by atoms with van der Waals surface area (Å²) in [6.07, 6.45) is 1.72.